The molecular formula is C13H19N7O2S. The number of carbonyl (C=O) groups is 2. The van der Waals surface area contributed by atoms with E-state index in [4.69, 9.17) is 5.73 Å². The monoisotopic (exact) mass is 337 g/mol. The van der Waals surface area contributed by atoms with E-state index in [0.29, 0.717) is 12.2 Å². The fourth-order valence-corrected chi connectivity index (χ4v) is 4.63. The average molecular weight is 337 g/mol. The average Bonchev–Trinajstić information content (AvgIpc) is 3.09. The maximum Gasteiger partial charge on any atom is 0.249 e. The molecule has 4 N–H and O–H groups in total. The first-order valence-electron chi connectivity index (χ1n) is 7.27. The van der Waals surface area contributed by atoms with Crippen molar-refractivity contribution in [2.24, 2.45) is 5.73 Å². The van der Waals surface area contributed by atoms with Gasteiger partial charge in [-0.15, -0.1) is 28.5 Å². The standard InChI is InChI=1S/C13H19N7O2S/c1-4-5-6(14)10(21)15-7-11(22)20-8(9-16-18-19-17-9)13(2,3)23-12(7)20/h4,6-8,12H,1,5,14H2,2-3H3,(H,15,21)(H,16,17,18,19)/t6?,7?,8?,12-/m1/s1. The molecular weight excluding hydrogens is 318 g/mol. The Morgan fingerprint density at radius 3 is 3.00 bits per heavy atom. The Morgan fingerprint density at radius 2 is 2.39 bits per heavy atom. The van der Waals surface area contributed by atoms with Crippen LogP contribution in [0.5, 0.6) is 0 Å². The fraction of sp³-hybridized carbons (Fsp3) is 0.615. The molecule has 2 aliphatic heterocycles. The van der Waals surface area contributed by atoms with Crippen LogP contribution in [-0.2, 0) is 9.59 Å². The summed E-state index contributed by atoms with van der Waals surface area (Å²) in [5, 5.41) is 16.6. The lowest BCUT2D eigenvalue weighted by atomic mass is 9.95. The molecule has 1 aromatic rings. The number of fused-ring (bicyclic) bond motifs is 1. The Bertz CT molecular complexity index is 632. The number of nitrogens with two attached hydrogens (primary N) is 1. The third kappa shape index (κ3) is 2.51. The number of carbonyl (C=O) groups excluding carboxylic acids is 2. The molecule has 3 heterocycles. The fourth-order valence-electron chi connectivity index (χ4n) is 3.00. The summed E-state index contributed by atoms with van der Waals surface area (Å²) in [6.07, 6.45) is 1.95. The summed E-state index contributed by atoms with van der Waals surface area (Å²) < 4.78 is -0.285. The van der Waals surface area contributed by atoms with Crippen LogP contribution in [0.25, 0.3) is 0 Å². The van der Waals surface area contributed by atoms with Crippen molar-refractivity contribution in [1.82, 2.24) is 30.8 Å². The molecule has 0 saturated carbocycles. The van der Waals surface area contributed by atoms with Crippen LogP contribution in [0.1, 0.15) is 32.1 Å². The normalized spacial score (nSPS) is 29.6. The molecule has 10 heteroatoms. The molecule has 2 fully saturated rings. The molecule has 3 rings (SSSR count). The highest BCUT2D eigenvalue weighted by atomic mass is 32.2. The van der Waals surface area contributed by atoms with Gasteiger partial charge >= 0.3 is 0 Å². The van der Waals surface area contributed by atoms with Gasteiger partial charge in [0, 0.05) is 4.75 Å². The van der Waals surface area contributed by atoms with Gasteiger partial charge in [0.25, 0.3) is 0 Å². The summed E-state index contributed by atoms with van der Waals surface area (Å²) in [5.74, 6) is -0.0159. The highest BCUT2D eigenvalue weighted by Crippen LogP contribution is 2.56. The third-order valence-corrected chi connectivity index (χ3v) is 5.67. The van der Waals surface area contributed by atoms with E-state index in [1.807, 2.05) is 13.8 Å². The summed E-state index contributed by atoms with van der Waals surface area (Å²) in [5.41, 5.74) is 5.75. The zero-order valence-corrected chi connectivity index (χ0v) is 13.7. The molecule has 23 heavy (non-hydrogen) atoms. The lowest BCUT2D eigenvalue weighted by Gasteiger charge is -2.44. The highest BCUT2D eigenvalue weighted by molar-refractivity contribution is 8.01. The van der Waals surface area contributed by atoms with Crippen LogP contribution in [0.4, 0.5) is 0 Å². The number of amides is 2. The molecule has 4 atom stereocenters. The Hall–Kier alpha value is -1.94. The van der Waals surface area contributed by atoms with E-state index in [0.717, 1.165) is 0 Å². The van der Waals surface area contributed by atoms with E-state index >= 15 is 0 Å². The summed E-state index contributed by atoms with van der Waals surface area (Å²) in [6.45, 7) is 7.60. The Balaban J connectivity index is 1.75. The van der Waals surface area contributed by atoms with Crippen LogP contribution < -0.4 is 11.1 Å². The maximum atomic E-state index is 12.5. The van der Waals surface area contributed by atoms with Crippen molar-refractivity contribution in [1.29, 1.82) is 0 Å². The van der Waals surface area contributed by atoms with Crippen molar-refractivity contribution >= 4 is 23.6 Å². The van der Waals surface area contributed by atoms with Crippen LogP contribution >= 0.6 is 11.8 Å². The van der Waals surface area contributed by atoms with Crippen molar-refractivity contribution in [3.05, 3.63) is 18.5 Å². The number of thioether (sulfide) groups is 1. The lowest BCUT2D eigenvalue weighted by molar-refractivity contribution is -0.152. The van der Waals surface area contributed by atoms with Gasteiger partial charge in [-0.05, 0) is 20.3 Å². The third-order valence-electron chi connectivity index (χ3n) is 4.10. The van der Waals surface area contributed by atoms with E-state index in [1.54, 1.807) is 22.7 Å². The number of nitrogens with one attached hydrogen (secondary N) is 2. The molecule has 2 aliphatic rings. The van der Waals surface area contributed by atoms with E-state index in [-0.39, 0.29) is 28.0 Å². The molecule has 3 unspecified atom stereocenters. The number of hydrogen-bond acceptors (Lipinski definition) is 7. The molecule has 0 bridgehead atoms. The maximum absolute atomic E-state index is 12.5. The second-order valence-electron chi connectivity index (χ2n) is 6.15. The van der Waals surface area contributed by atoms with Crippen LogP contribution in [-0.4, -0.2) is 59.5 Å². The lowest BCUT2D eigenvalue weighted by Crippen LogP contribution is -2.69. The largest absolute Gasteiger partial charge is 0.340 e. The van der Waals surface area contributed by atoms with Gasteiger partial charge in [-0.2, -0.15) is 5.21 Å². The minimum atomic E-state index is -0.693. The number of rotatable bonds is 5. The SMILES string of the molecule is C=CCC(N)C(=O)NC1C(=O)N2C(c3nn[nH]n3)C(C)(C)S[C@H]12. The number of hydrogen-bond donors (Lipinski definition) is 3. The van der Waals surface area contributed by atoms with Gasteiger partial charge in [-0.3, -0.25) is 9.59 Å². The van der Waals surface area contributed by atoms with E-state index in [9.17, 15) is 9.59 Å². The first-order chi connectivity index (χ1) is 10.9. The van der Waals surface area contributed by atoms with Crippen molar-refractivity contribution in [2.45, 2.75) is 48.5 Å². The predicted molar refractivity (Wildman–Crippen MR) is 83.9 cm³/mol. The summed E-state index contributed by atoms with van der Waals surface area (Å²) in [4.78, 5) is 26.2. The number of aromatic nitrogens is 4. The second kappa shape index (κ2) is 5.60. The first-order valence-corrected chi connectivity index (χ1v) is 8.15. The molecule has 0 aliphatic carbocycles. The molecule has 1 aromatic heterocycles. The first kappa shape index (κ1) is 15.9. The van der Waals surface area contributed by atoms with Gasteiger partial charge in [0.05, 0.1) is 6.04 Å². The molecule has 9 nitrogen and oxygen atoms in total. The van der Waals surface area contributed by atoms with Gasteiger partial charge in [0.1, 0.15) is 17.5 Å². The predicted octanol–water partition coefficient (Wildman–Crippen LogP) is -0.677. The Morgan fingerprint density at radius 1 is 1.65 bits per heavy atom. The topological polar surface area (TPSA) is 130 Å². The highest BCUT2D eigenvalue weighted by Gasteiger charge is 2.63. The summed E-state index contributed by atoms with van der Waals surface area (Å²) in [7, 11) is 0. The van der Waals surface area contributed by atoms with Crippen LogP contribution in [0, 0.1) is 0 Å². The number of β-lactam (4-membered cyclic amide) rings is 1. The molecule has 2 amide bonds. The second-order valence-corrected chi connectivity index (χ2v) is 7.92. The van der Waals surface area contributed by atoms with Crippen LogP contribution in [0.15, 0.2) is 12.7 Å². The quantitative estimate of drug-likeness (QED) is 0.479. The smallest absolute Gasteiger partial charge is 0.249 e. The molecule has 0 spiro atoms. The van der Waals surface area contributed by atoms with Crippen molar-refractivity contribution in [3.63, 3.8) is 0 Å². The number of aromatic amines is 1. The van der Waals surface area contributed by atoms with Crippen LogP contribution in [0.3, 0.4) is 0 Å². The zero-order chi connectivity index (χ0) is 16.8. The van der Waals surface area contributed by atoms with Gasteiger partial charge in [-0.25, -0.2) is 0 Å². The molecule has 2 saturated heterocycles. The number of nitrogens with zero attached hydrogens (tertiary/aromatic N) is 4. The van der Waals surface area contributed by atoms with Crippen molar-refractivity contribution in [2.75, 3.05) is 0 Å². The minimum absolute atomic E-state index is 0.151. The summed E-state index contributed by atoms with van der Waals surface area (Å²) in [6, 6.07) is -1.54. The van der Waals surface area contributed by atoms with Gasteiger partial charge < -0.3 is 16.0 Å². The summed E-state index contributed by atoms with van der Waals surface area (Å²) >= 11 is 1.61. The number of tetrazole rings is 1. The van der Waals surface area contributed by atoms with E-state index in [2.05, 4.69) is 32.5 Å². The number of H-pyrrole nitrogens is 1. The Labute approximate surface area is 137 Å². The van der Waals surface area contributed by atoms with Crippen molar-refractivity contribution < 1.29 is 9.59 Å². The van der Waals surface area contributed by atoms with E-state index < -0.39 is 12.1 Å². The molecule has 124 valence electrons. The minimum Gasteiger partial charge on any atom is -0.340 e. The molecule has 0 radical (unpaired) electrons. The van der Waals surface area contributed by atoms with Crippen LogP contribution in [0.2, 0.25) is 0 Å². The van der Waals surface area contributed by atoms with E-state index in [1.165, 1.54) is 0 Å². The van der Waals surface area contributed by atoms with Gasteiger partial charge in [0.15, 0.2) is 5.82 Å². The van der Waals surface area contributed by atoms with Gasteiger partial charge in [0.2, 0.25) is 11.8 Å². The van der Waals surface area contributed by atoms with Crippen molar-refractivity contribution in [3.8, 4) is 0 Å². The van der Waals surface area contributed by atoms with Gasteiger partial charge in [-0.1, -0.05) is 11.3 Å². The zero-order valence-electron chi connectivity index (χ0n) is 12.9. The Kier molecular flexibility index (Phi) is 3.88. The molecule has 0 aromatic carbocycles.